The number of halogens is 3. The number of amidine groups is 1. The van der Waals surface area contributed by atoms with E-state index < -0.39 is 45.5 Å². The second-order valence-electron chi connectivity index (χ2n) is 9.40. The van der Waals surface area contributed by atoms with Crippen molar-refractivity contribution in [1.82, 2.24) is 19.9 Å². The summed E-state index contributed by atoms with van der Waals surface area (Å²) in [5, 5.41) is 5.31. The van der Waals surface area contributed by atoms with Gasteiger partial charge in [-0.1, -0.05) is 17.7 Å². The van der Waals surface area contributed by atoms with Crippen molar-refractivity contribution in [3.63, 3.8) is 0 Å². The molecule has 10 nitrogen and oxygen atoms in total. The van der Waals surface area contributed by atoms with Crippen molar-refractivity contribution < 1.29 is 31.5 Å². The largest absolute Gasteiger partial charge is 0.463 e. The molecule has 2 aliphatic heterocycles. The molecule has 1 saturated heterocycles. The van der Waals surface area contributed by atoms with Crippen LogP contribution in [0.15, 0.2) is 46.0 Å². The highest BCUT2D eigenvalue weighted by Gasteiger charge is 2.46. The number of sulfonamides is 1. The Morgan fingerprint density at radius 3 is 2.74 bits per heavy atom. The number of nitrogens with zero attached hydrogens (tertiary/aromatic N) is 3. The van der Waals surface area contributed by atoms with Gasteiger partial charge in [-0.15, -0.1) is 11.3 Å². The van der Waals surface area contributed by atoms with Crippen LogP contribution < -0.4 is 10.0 Å². The number of aromatic nitrogens is 1. The van der Waals surface area contributed by atoms with Gasteiger partial charge < -0.3 is 10.1 Å². The van der Waals surface area contributed by atoms with Crippen LogP contribution in [0.1, 0.15) is 36.9 Å². The van der Waals surface area contributed by atoms with Crippen molar-refractivity contribution >= 4 is 50.7 Å². The first-order valence-corrected chi connectivity index (χ1v) is 15.0. The van der Waals surface area contributed by atoms with Gasteiger partial charge in [0.25, 0.3) is 5.91 Å². The van der Waals surface area contributed by atoms with E-state index in [0.29, 0.717) is 10.6 Å². The second-order valence-corrected chi connectivity index (χ2v) is 12.4. The molecule has 0 saturated carbocycles. The molecule has 3 heterocycles. The van der Waals surface area contributed by atoms with E-state index in [4.69, 9.17) is 16.3 Å². The van der Waals surface area contributed by atoms with Crippen LogP contribution in [0.5, 0.6) is 0 Å². The number of hydrogen-bond acceptors (Lipinski definition) is 10. The van der Waals surface area contributed by atoms with Crippen molar-refractivity contribution in [2.75, 3.05) is 26.0 Å². The van der Waals surface area contributed by atoms with Crippen molar-refractivity contribution in [1.29, 1.82) is 0 Å². The molecule has 1 fully saturated rings. The number of carbonyl (C=O) groups excluding carboxylic acids is 2. The minimum atomic E-state index is -3.90. The molecule has 0 radical (unpaired) electrons. The van der Waals surface area contributed by atoms with E-state index in [1.165, 1.54) is 35.3 Å². The fourth-order valence-corrected chi connectivity index (χ4v) is 5.94. The number of ether oxygens (including phenoxy) is 1. The molecular weight excluding hydrogens is 576 g/mol. The molecule has 210 valence electrons. The van der Waals surface area contributed by atoms with Crippen LogP contribution >= 0.6 is 22.9 Å². The molecule has 2 aliphatic rings. The van der Waals surface area contributed by atoms with E-state index in [1.54, 1.807) is 18.5 Å². The lowest BCUT2D eigenvalue weighted by molar-refractivity contribution is -0.139. The summed E-state index contributed by atoms with van der Waals surface area (Å²) in [5.41, 5.74) is -1.24. The molecule has 0 aliphatic carbocycles. The van der Waals surface area contributed by atoms with Crippen LogP contribution in [0.4, 0.5) is 8.78 Å². The summed E-state index contributed by atoms with van der Waals surface area (Å²) in [7, 11) is -3.90. The number of carbonyl (C=O) groups is 2. The van der Waals surface area contributed by atoms with Gasteiger partial charge in [0, 0.05) is 47.4 Å². The molecule has 2 unspecified atom stereocenters. The van der Waals surface area contributed by atoms with E-state index in [9.17, 15) is 22.4 Å². The van der Waals surface area contributed by atoms with Gasteiger partial charge in [0.05, 0.1) is 24.5 Å². The van der Waals surface area contributed by atoms with Crippen molar-refractivity contribution in [2.45, 2.75) is 38.0 Å². The van der Waals surface area contributed by atoms with E-state index in [2.05, 4.69) is 15.3 Å². The van der Waals surface area contributed by atoms with Gasteiger partial charge in [0.15, 0.2) is 10.8 Å². The Bertz CT molecular complexity index is 1450. The number of hydrogen-bond donors (Lipinski definition) is 2. The number of alkyl halides is 1. The van der Waals surface area contributed by atoms with Gasteiger partial charge in [-0.05, 0) is 26.0 Å². The fourth-order valence-electron chi connectivity index (χ4n) is 4.58. The first-order chi connectivity index (χ1) is 18.3. The van der Waals surface area contributed by atoms with E-state index >= 15 is 4.39 Å². The first kappa shape index (κ1) is 29.1. The summed E-state index contributed by atoms with van der Waals surface area (Å²) in [6.45, 7) is 2.58. The maximum Gasteiger partial charge on any atom is 0.338 e. The highest BCUT2D eigenvalue weighted by Crippen LogP contribution is 2.38. The number of benzene rings is 1. The van der Waals surface area contributed by atoms with Crippen LogP contribution in [0.2, 0.25) is 5.02 Å². The minimum absolute atomic E-state index is 0.0215. The van der Waals surface area contributed by atoms with Gasteiger partial charge in [-0.2, -0.15) is 0 Å². The first-order valence-electron chi connectivity index (χ1n) is 11.8. The van der Waals surface area contributed by atoms with E-state index in [0.717, 1.165) is 12.3 Å². The monoisotopic (exact) mass is 601 g/mol. The molecule has 2 N–H and O–H groups in total. The summed E-state index contributed by atoms with van der Waals surface area (Å²) in [6, 6.07) is 1.49. The Kier molecular flexibility index (Phi) is 8.40. The zero-order valence-corrected chi connectivity index (χ0v) is 23.6. The van der Waals surface area contributed by atoms with Gasteiger partial charge in [0.1, 0.15) is 17.5 Å². The maximum absolute atomic E-state index is 15.2. The van der Waals surface area contributed by atoms with Crippen molar-refractivity contribution in [3.05, 3.63) is 62.5 Å². The zero-order chi connectivity index (χ0) is 28.5. The third-order valence-electron chi connectivity index (χ3n) is 6.06. The predicted octanol–water partition coefficient (Wildman–Crippen LogP) is 2.72. The summed E-state index contributed by atoms with van der Waals surface area (Å²) < 4.78 is 59.7. The fraction of sp³-hybridized carbons (Fsp3) is 0.417. The molecule has 0 bridgehead atoms. The summed E-state index contributed by atoms with van der Waals surface area (Å²) in [6.07, 6.45) is 2.13. The summed E-state index contributed by atoms with van der Waals surface area (Å²) >= 11 is 7.65. The Morgan fingerprint density at radius 1 is 1.38 bits per heavy atom. The summed E-state index contributed by atoms with van der Waals surface area (Å²) in [4.78, 5) is 36.5. The third kappa shape index (κ3) is 6.80. The molecule has 15 heteroatoms. The highest BCUT2D eigenvalue weighted by atomic mass is 35.5. The normalized spacial score (nSPS) is 23.8. The molecule has 2 aromatic rings. The Labute approximate surface area is 233 Å². The Hall–Kier alpha value is -2.94. The third-order valence-corrected chi connectivity index (χ3v) is 7.73. The van der Waals surface area contributed by atoms with Crippen molar-refractivity contribution in [3.8, 4) is 0 Å². The molecule has 4 rings (SSSR count). The number of aliphatic imine (C=N–C) groups is 1. The number of nitrogens with one attached hydrogen (secondary N) is 2. The van der Waals surface area contributed by atoms with Gasteiger partial charge in [-0.3, -0.25) is 19.4 Å². The number of likely N-dealkylation sites (tertiary alicyclic amines) is 1. The minimum Gasteiger partial charge on any atom is -0.463 e. The average Bonchev–Trinajstić information content (AvgIpc) is 3.45. The zero-order valence-electron chi connectivity index (χ0n) is 21.2. The van der Waals surface area contributed by atoms with Gasteiger partial charge in [-0.25, -0.2) is 27.0 Å². The number of thiazole rings is 1. The molecule has 0 spiro atoms. The number of esters is 1. The van der Waals surface area contributed by atoms with Crippen LogP contribution in [0.25, 0.3) is 0 Å². The number of rotatable bonds is 8. The van der Waals surface area contributed by atoms with Gasteiger partial charge in [0.2, 0.25) is 10.0 Å². The van der Waals surface area contributed by atoms with E-state index in [-0.39, 0.29) is 48.2 Å². The van der Waals surface area contributed by atoms with Crippen LogP contribution in [-0.4, -0.2) is 73.7 Å². The topological polar surface area (TPSA) is 130 Å². The lowest BCUT2D eigenvalue weighted by atomic mass is 9.95. The van der Waals surface area contributed by atoms with Crippen molar-refractivity contribution in [2.24, 2.45) is 4.99 Å². The van der Waals surface area contributed by atoms with Crippen LogP contribution in [-0.2, 0) is 24.3 Å². The molecule has 1 aromatic heterocycles. The predicted molar refractivity (Wildman–Crippen MR) is 142 cm³/mol. The quantitative estimate of drug-likeness (QED) is 0.442. The smallest absolute Gasteiger partial charge is 0.338 e. The molecule has 39 heavy (non-hydrogen) atoms. The molecule has 1 amide bonds. The average molecular weight is 602 g/mol. The maximum atomic E-state index is 15.2. The molecule has 3 atom stereocenters. The Morgan fingerprint density at radius 2 is 2.13 bits per heavy atom. The molecular formula is C24H26ClF2N5O5S2. The summed E-state index contributed by atoms with van der Waals surface area (Å²) in [5.74, 6) is -1.94. The SMILES string of the molecule is CCOC(=O)C1=C(CN2CC(C)(F)C[C@H]2C(=O)NS(C)(=O)=O)NC(c2nccs2)=NC1c1ccc(F)cc1Cl. The highest BCUT2D eigenvalue weighted by molar-refractivity contribution is 7.89. The van der Waals surface area contributed by atoms with Gasteiger partial charge >= 0.3 is 5.97 Å². The van der Waals surface area contributed by atoms with Crippen LogP contribution in [0, 0.1) is 5.82 Å². The van der Waals surface area contributed by atoms with Crippen LogP contribution in [0.3, 0.4) is 0 Å². The number of amides is 1. The standard InChI is InChI=1S/C24H26ClF2N5O5S2/c1-4-37-23(34)18-16(11-32-12-24(2,27)10-17(32)21(33)31-39(3,35)36)29-20(22-28-7-8-38-22)30-19(18)14-6-5-13(26)9-15(14)25/h5-9,17,19H,4,10-12H2,1-3H3,(H,29,30)(H,31,33)/t17-,19?,24?/m0/s1. The lowest BCUT2D eigenvalue weighted by Gasteiger charge is -2.31. The van der Waals surface area contributed by atoms with E-state index in [1.807, 2.05) is 4.72 Å². The lowest BCUT2D eigenvalue weighted by Crippen LogP contribution is -2.47. The Balaban J connectivity index is 1.82. The molecule has 1 aromatic carbocycles. The second kappa shape index (κ2) is 11.3.